The van der Waals surface area contributed by atoms with Crippen LogP contribution in [0, 0.1) is 0 Å². The van der Waals surface area contributed by atoms with E-state index in [1.54, 1.807) is 34.1 Å². The van der Waals surface area contributed by atoms with Crippen LogP contribution in [-0.4, -0.2) is 65.5 Å². The first-order valence-corrected chi connectivity index (χ1v) is 8.14. The highest BCUT2D eigenvalue weighted by molar-refractivity contribution is 5.89. The van der Waals surface area contributed by atoms with E-state index in [2.05, 4.69) is 5.32 Å². The fraction of sp³-hybridized carbons (Fsp3) is 0.471. The Labute approximate surface area is 141 Å². The first-order valence-electron chi connectivity index (χ1n) is 8.14. The molecule has 1 heterocycles. The molecule has 0 radical (unpaired) electrons. The van der Waals surface area contributed by atoms with Gasteiger partial charge in [0.15, 0.2) is 0 Å². The number of piperazine rings is 1. The Balaban J connectivity index is 1.84. The van der Waals surface area contributed by atoms with Crippen molar-refractivity contribution in [1.29, 1.82) is 0 Å². The van der Waals surface area contributed by atoms with E-state index in [0.717, 1.165) is 0 Å². The monoisotopic (exact) mass is 333 g/mol. The summed E-state index contributed by atoms with van der Waals surface area (Å²) >= 11 is 0. The molecule has 0 bridgehead atoms. The van der Waals surface area contributed by atoms with Crippen LogP contribution in [0.3, 0.4) is 0 Å². The van der Waals surface area contributed by atoms with Crippen molar-refractivity contribution in [3.05, 3.63) is 35.4 Å². The number of hydrogen-bond donors (Lipinski definition) is 2. The normalized spacial score (nSPS) is 14.4. The quantitative estimate of drug-likeness (QED) is 0.847. The maximum atomic E-state index is 12.3. The van der Waals surface area contributed by atoms with Crippen LogP contribution in [0.1, 0.15) is 29.3 Å². The molecule has 0 unspecified atom stereocenters. The fourth-order valence-corrected chi connectivity index (χ4v) is 2.77. The van der Waals surface area contributed by atoms with Crippen LogP contribution in [0.25, 0.3) is 0 Å². The SMILES string of the molecule is CCNC(=O)N1CCN(C(=O)CCc2ccccc2C(=O)O)CC1. The van der Waals surface area contributed by atoms with Crippen LogP contribution < -0.4 is 5.32 Å². The number of benzene rings is 1. The maximum absolute atomic E-state index is 12.3. The predicted octanol–water partition coefficient (Wildman–Crippen LogP) is 1.19. The highest BCUT2D eigenvalue weighted by Gasteiger charge is 2.23. The van der Waals surface area contributed by atoms with Crippen molar-refractivity contribution < 1.29 is 19.5 Å². The van der Waals surface area contributed by atoms with E-state index in [1.807, 2.05) is 6.92 Å². The third kappa shape index (κ3) is 4.47. The van der Waals surface area contributed by atoms with Crippen LogP contribution in [0.4, 0.5) is 4.79 Å². The average Bonchev–Trinajstić information content (AvgIpc) is 2.60. The summed E-state index contributed by atoms with van der Waals surface area (Å²) in [6.45, 7) is 4.51. The smallest absolute Gasteiger partial charge is 0.335 e. The van der Waals surface area contributed by atoms with E-state index in [9.17, 15) is 14.4 Å². The molecule has 1 aromatic rings. The number of aromatic carboxylic acids is 1. The van der Waals surface area contributed by atoms with Crippen molar-refractivity contribution in [1.82, 2.24) is 15.1 Å². The molecule has 0 atom stereocenters. The highest BCUT2D eigenvalue weighted by Crippen LogP contribution is 2.13. The number of amides is 3. The zero-order valence-electron chi connectivity index (χ0n) is 13.8. The van der Waals surface area contributed by atoms with Gasteiger partial charge in [-0.15, -0.1) is 0 Å². The molecular weight excluding hydrogens is 310 g/mol. The number of hydrogen-bond acceptors (Lipinski definition) is 3. The first-order chi connectivity index (χ1) is 11.5. The van der Waals surface area contributed by atoms with E-state index in [1.165, 1.54) is 0 Å². The number of urea groups is 1. The van der Waals surface area contributed by atoms with Crippen LogP contribution in [-0.2, 0) is 11.2 Å². The molecule has 7 nitrogen and oxygen atoms in total. The number of carbonyl (C=O) groups excluding carboxylic acids is 2. The second-order valence-corrected chi connectivity index (χ2v) is 5.67. The second-order valence-electron chi connectivity index (χ2n) is 5.67. The van der Waals surface area contributed by atoms with Crippen LogP contribution in [0.15, 0.2) is 24.3 Å². The molecule has 1 fully saturated rings. The topological polar surface area (TPSA) is 90.0 Å². The summed E-state index contributed by atoms with van der Waals surface area (Å²) in [7, 11) is 0. The van der Waals surface area contributed by atoms with Gasteiger partial charge in [-0.25, -0.2) is 9.59 Å². The van der Waals surface area contributed by atoms with Gasteiger partial charge in [0.25, 0.3) is 0 Å². The molecule has 7 heteroatoms. The van der Waals surface area contributed by atoms with Crippen molar-refractivity contribution in [3.63, 3.8) is 0 Å². The van der Waals surface area contributed by atoms with Gasteiger partial charge in [0.05, 0.1) is 5.56 Å². The Morgan fingerprint density at radius 3 is 2.33 bits per heavy atom. The molecule has 1 aliphatic rings. The van der Waals surface area contributed by atoms with Gasteiger partial charge in [0.2, 0.25) is 5.91 Å². The summed E-state index contributed by atoms with van der Waals surface area (Å²) < 4.78 is 0. The molecule has 1 aromatic carbocycles. The van der Waals surface area contributed by atoms with Gasteiger partial charge in [-0.2, -0.15) is 0 Å². The second kappa shape index (κ2) is 8.33. The molecule has 130 valence electrons. The Bertz CT molecular complexity index is 610. The number of carbonyl (C=O) groups is 3. The standard InChI is InChI=1S/C17H23N3O4/c1-2-18-17(24)20-11-9-19(10-12-20)15(21)8-7-13-5-3-4-6-14(13)16(22)23/h3-6H,2,7-12H2,1H3,(H,18,24)(H,22,23). The average molecular weight is 333 g/mol. The molecule has 2 rings (SSSR count). The van der Waals surface area contributed by atoms with Crippen LogP contribution >= 0.6 is 0 Å². The minimum atomic E-state index is -0.978. The molecule has 0 aliphatic carbocycles. The van der Waals surface area contributed by atoms with E-state index < -0.39 is 5.97 Å². The summed E-state index contributed by atoms with van der Waals surface area (Å²) in [6, 6.07) is 6.64. The summed E-state index contributed by atoms with van der Waals surface area (Å²) in [6.07, 6.45) is 0.670. The van der Waals surface area contributed by atoms with E-state index in [0.29, 0.717) is 44.7 Å². The number of carboxylic acid groups (broad SMARTS) is 1. The minimum absolute atomic E-state index is 0.00857. The van der Waals surface area contributed by atoms with Gasteiger partial charge in [-0.1, -0.05) is 18.2 Å². The Morgan fingerprint density at radius 1 is 1.08 bits per heavy atom. The van der Waals surface area contributed by atoms with Gasteiger partial charge < -0.3 is 20.2 Å². The number of nitrogens with zero attached hydrogens (tertiary/aromatic N) is 2. The van der Waals surface area contributed by atoms with Gasteiger partial charge in [0.1, 0.15) is 0 Å². The summed E-state index contributed by atoms with van der Waals surface area (Å²) in [4.78, 5) is 38.7. The molecule has 2 N–H and O–H groups in total. The Morgan fingerprint density at radius 2 is 1.71 bits per heavy atom. The van der Waals surface area contributed by atoms with Crippen LogP contribution in [0.2, 0.25) is 0 Å². The molecular formula is C17H23N3O4. The van der Waals surface area contributed by atoms with Crippen molar-refractivity contribution in [2.75, 3.05) is 32.7 Å². The lowest BCUT2D eigenvalue weighted by Gasteiger charge is -2.34. The fourth-order valence-electron chi connectivity index (χ4n) is 2.77. The van der Waals surface area contributed by atoms with Gasteiger partial charge in [-0.05, 0) is 25.0 Å². The molecule has 0 aromatic heterocycles. The number of carboxylic acids is 1. The molecule has 24 heavy (non-hydrogen) atoms. The summed E-state index contributed by atoms with van der Waals surface area (Å²) in [5.41, 5.74) is 0.908. The van der Waals surface area contributed by atoms with E-state index in [4.69, 9.17) is 5.11 Å². The van der Waals surface area contributed by atoms with Crippen molar-refractivity contribution in [3.8, 4) is 0 Å². The van der Waals surface area contributed by atoms with Crippen molar-refractivity contribution >= 4 is 17.9 Å². The van der Waals surface area contributed by atoms with Crippen molar-refractivity contribution in [2.45, 2.75) is 19.8 Å². The number of aryl methyl sites for hydroxylation is 1. The lowest BCUT2D eigenvalue weighted by Crippen LogP contribution is -2.53. The zero-order valence-corrected chi connectivity index (χ0v) is 13.8. The number of nitrogens with one attached hydrogen (secondary N) is 1. The number of rotatable bonds is 5. The highest BCUT2D eigenvalue weighted by atomic mass is 16.4. The third-order valence-corrected chi connectivity index (χ3v) is 4.10. The summed E-state index contributed by atoms with van der Waals surface area (Å²) in [5, 5.41) is 11.9. The lowest BCUT2D eigenvalue weighted by molar-refractivity contribution is -0.132. The lowest BCUT2D eigenvalue weighted by atomic mass is 10.0. The Kier molecular flexibility index (Phi) is 6.17. The molecule has 0 spiro atoms. The molecule has 1 aliphatic heterocycles. The van der Waals surface area contributed by atoms with E-state index in [-0.39, 0.29) is 23.9 Å². The third-order valence-electron chi connectivity index (χ3n) is 4.10. The molecule has 3 amide bonds. The minimum Gasteiger partial charge on any atom is -0.478 e. The van der Waals surface area contributed by atoms with Gasteiger partial charge in [0, 0.05) is 39.1 Å². The Hall–Kier alpha value is -2.57. The van der Waals surface area contributed by atoms with Gasteiger partial charge >= 0.3 is 12.0 Å². The van der Waals surface area contributed by atoms with E-state index >= 15 is 0 Å². The molecule has 1 saturated heterocycles. The van der Waals surface area contributed by atoms with Crippen LogP contribution in [0.5, 0.6) is 0 Å². The summed E-state index contributed by atoms with van der Waals surface area (Å²) in [5.74, 6) is -0.987. The predicted molar refractivity (Wildman–Crippen MR) is 88.9 cm³/mol. The first kappa shape index (κ1) is 17.8. The maximum Gasteiger partial charge on any atom is 0.335 e. The largest absolute Gasteiger partial charge is 0.478 e. The zero-order chi connectivity index (χ0) is 17.5. The van der Waals surface area contributed by atoms with Crippen molar-refractivity contribution in [2.24, 2.45) is 0 Å². The molecule has 0 saturated carbocycles. The van der Waals surface area contributed by atoms with Gasteiger partial charge in [-0.3, -0.25) is 4.79 Å².